The number of fused-ring (bicyclic) bond motifs is 1. The number of hydrogen-bond acceptors (Lipinski definition) is 4. The molecular formula is C14H13N3O2. The highest BCUT2D eigenvalue weighted by molar-refractivity contribution is 6.21. The van der Waals surface area contributed by atoms with Crippen LogP contribution in [0, 0.1) is 0 Å². The Balaban J connectivity index is 1.60. The van der Waals surface area contributed by atoms with Gasteiger partial charge in [-0.25, -0.2) is 0 Å². The van der Waals surface area contributed by atoms with Crippen LogP contribution in [0.25, 0.3) is 0 Å². The maximum Gasteiger partial charge on any atom is 0.261 e. The Kier molecular flexibility index (Phi) is 2.00. The first kappa shape index (κ1) is 10.8. The van der Waals surface area contributed by atoms with E-state index in [0.29, 0.717) is 11.1 Å². The molecule has 3 aliphatic rings. The lowest BCUT2D eigenvalue weighted by Crippen LogP contribution is -2.43. The van der Waals surface area contributed by atoms with Crippen molar-refractivity contribution in [3.8, 4) is 0 Å². The average molecular weight is 255 g/mol. The molecule has 0 aromatic heterocycles. The minimum atomic E-state index is -0.158. The van der Waals surface area contributed by atoms with Crippen molar-refractivity contribution in [3.05, 3.63) is 35.4 Å². The lowest BCUT2D eigenvalue weighted by Gasteiger charge is -2.31. The smallest absolute Gasteiger partial charge is 0.261 e. The van der Waals surface area contributed by atoms with Gasteiger partial charge < -0.3 is 0 Å². The van der Waals surface area contributed by atoms with Crippen molar-refractivity contribution < 1.29 is 9.59 Å². The number of benzene rings is 1. The fraction of sp³-hybridized carbons (Fsp3) is 0.429. The Morgan fingerprint density at radius 2 is 1.53 bits per heavy atom. The summed E-state index contributed by atoms with van der Waals surface area (Å²) in [4.78, 5) is 26.1. The zero-order valence-corrected chi connectivity index (χ0v) is 10.4. The van der Waals surface area contributed by atoms with E-state index < -0.39 is 0 Å². The van der Waals surface area contributed by atoms with Gasteiger partial charge in [-0.2, -0.15) is 10.2 Å². The summed E-state index contributed by atoms with van der Waals surface area (Å²) in [5.41, 5.74) is 0.914. The van der Waals surface area contributed by atoms with Crippen LogP contribution in [0.3, 0.4) is 0 Å². The van der Waals surface area contributed by atoms with Crippen molar-refractivity contribution in [2.75, 3.05) is 0 Å². The van der Waals surface area contributed by atoms with Crippen LogP contribution in [-0.2, 0) is 0 Å². The number of hydrogen-bond donors (Lipinski definition) is 0. The van der Waals surface area contributed by atoms with Gasteiger partial charge in [-0.15, -0.1) is 0 Å². The van der Waals surface area contributed by atoms with Crippen LogP contribution >= 0.6 is 0 Å². The molecule has 1 fully saturated rings. The van der Waals surface area contributed by atoms with Crippen LogP contribution in [0.4, 0.5) is 0 Å². The third-order valence-electron chi connectivity index (χ3n) is 4.33. The summed E-state index contributed by atoms with van der Waals surface area (Å²) in [6.45, 7) is 0. The molecule has 19 heavy (non-hydrogen) atoms. The third-order valence-corrected chi connectivity index (χ3v) is 4.33. The number of nitrogens with zero attached hydrogens (tertiary/aromatic N) is 3. The van der Waals surface area contributed by atoms with Gasteiger partial charge in [0.1, 0.15) is 0 Å². The summed E-state index contributed by atoms with van der Waals surface area (Å²) in [7, 11) is 0. The second-order valence-corrected chi connectivity index (χ2v) is 5.44. The van der Waals surface area contributed by atoms with E-state index in [0.717, 1.165) is 25.7 Å². The van der Waals surface area contributed by atoms with E-state index in [4.69, 9.17) is 0 Å². The molecule has 0 radical (unpaired) electrons. The summed E-state index contributed by atoms with van der Waals surface area (Å²) in [6, 6.07) is 7.05. The van der Waals surface area contributed by atoms with E-state index in [2.05, 4.69) is 10.2 Å². The Morgan fingerprint density at radius 1 is 1.00 bits per heavy atom. The Hall–Kier alpha value is -2.04. The van der Waals surface area contributed by atoms with Gasteiger partial charge in [0.05, 0.1) is 11.1 Å². The summed E-state index contributed by atoms with van der Waals surface area (Å²) in [6.07, 6.45) is 3.31. The molecule has 2 amide bonds. The van der Waals surface area contributed by atoms with Crippen molar-refractivity contribution in [1.82, 2.24) is 4.90 Å². The van der Waals surface area contributed by atoms with Crippen LogP contribution in [0.2, 0.25) is 0 Å². The average Bonchev–Trinajstić information content (AvgIpc) is 3.15. The Bertz CT molecular complexity index is 572. The fourth-order valence-electron chi connectivity index (χ4n) is 3.13. The normalized spacial score (nSPS) is 24.1. The zero-order chi connectivity index (χ0) is 13.0. The molecule has 1 aromatic rings. The monoisotopic (exact) mass is 255 g/mol. The quantitative estimate of drug-likeness (QED) is 0.723. The number of amides is 2. The SMILES string of the molecule is O=C1c2ccccc2C(=O)N1C1CCC2(CC1)N=N2. The molecule has 0 saturated heterocycles. The molecule has 96 valence electrons. The van der Waals surface area contributed by atoms with Gasteiger partial charge in [0.15, 0.2) is 5.66 Å². The predicted molar refractivity (Wildman–Crippen MR) is 66.8 cm³/mol. The maximum atomic E-state index is 12.3. The summed E-state index contributed by atoms with van der Waals surface area (Å²) < 4.78 is 0. The van der Waals surface area contributed by atoms with Crippen LogP contribution < -0.4 is 0 Å². The standard InChI is InChI=1S/C14H13N3O2/c18-12-10-3-1-2-4-11(10)13(19)17(12)9-5-7-14(8-6-9)15-16-14/h1-4,9H,5-8H2. The third kappa shape index (κ3) is 1.47. The van der Waals surface area contributed by atoms with Crippen molar-refractivity contribution in [1.29, 1.82) is 0 Å². The maximum absolute atomic E-state index is 12.3. The molecule has 1 aromatic carbocycles. The lowest BCUT2D eigenvalue weighted by molar-refractivity contribution is 0.0535. The molecule has 5 nitrogen and oxygen atoms in total. The van der Waals surface area contributed by atoms with Gasteiger partial charge >= 0.3 is 0 Å². The van der Waals surface area contributed by atoms with Gasteiger partial charge in [0.2, 0.25) is 0 Å². The van der Waals surface area contributed by atoms with Crippen LogP contribution in [0.15, 0.2) is 34.5 Å². The van der Waals surface area contributed by atoms with E-state index in [1.807, 2.05) is 0 Å². The number of rotatable bonds is 1. The molecular weight excluding hydrogens is 242 g/mol. The van der Waals surface area contributed by atoms with Crippen molar-refractivity contribution in [3.63, 3.8) is 0 Å². The molecule has 0 bridgehead atoms. The largest absolute Gasteiger partial charge is 0.271 e. The van der Waals surface area contributed by atoms with Gasteiger partial charge in [-0.05, 0) is 37.8 Å². The second-order valence-electron chi connectivity index (χ2n) is 5.44. The van der Waals surface area contributed by atoms with Crippen LogP contribution in [0.5, 0.6) is 0 Å². The summed E-state index contributed by atoms with van der Waals surface area (Å²) >= 11 is 0. The van der Waals surface area contributed by atoms with Gasteiger partial charge in [-0.1, -0.05) is 12.1 Å². The van der Waals surface area contributed by atoms with Gasteiger partial charge in [0, 0.05) is 6.04 Å². The first-order chi connectivity index (χ1) is 9.20. The minimum Gasteiger partial charge on any atom is -0.271 e. The number of carbonyl (C=O) groups excluding carboxylic acids is 2. The summed E-state index contributed by atoms with van der Waals surface area (Å²) in [5, 5.41) is 8.14. The highest BCUT2D eigenvalue weighted by Gasteiger charge is 2.48. The van der Waals surface area contributed by atoms with Crippen LogP contribution in [0.1, 0.15) is 46.4 Å². The number of imide groups is 1. The van der Waals surface area contributed by atoms with E-state index in [1.54, 1.807) is 24.3 Å². The van der Waals surface area contributed by atoms with Crippen molar-refractivity contribution >= 4 is 11.8 Å². The fourth-order valence-corrected chi connectivity index (χ4v) is 3.13. The molecule has 0 atom stereocenters. The number of carbonyl (C=O) groups is 2. The predicted octanol–water partition coefficient (Wildman–Crippen LogP) is 2.39. The molecule has 2 heterocycles. The highest BCUT2D eigenvalue weighted by Crippen LogP contribution is 2.44. The van der Waals surface area contributed by atoms with Gasteiger partial charge in [0.25, 0.3) is 11.8 Å². The molecule has 1 aliphatic carbocycles. The van der Waals surface area contributed by atoms with Gasteiger partial charge in [-0.3, -0.25) is 14.5 Å². The summed E-state index contributed by atoms with van der Waals surface area (Å²) in [5.74, 6) is -0.294. The molecule has 1 spiro atoms. The van der Waals surface area contributed by atoms with Crippen LogP contribution in [-0.4, -0.2) is 28.4 Å². The molecule has 1 saturated carbocycles. The molecule has 4 rings (SSSR count). The molecule has 2 aliphatic heterocycles. The van der Waals surface area contributed by atoms with Crippen molar-refractivity contribution in [2.45, 2.75) is 37.4 Å². The Labute approximate surface area is 110 Å². The lowest BCUT2D eigenvalue weighted by atomic mass is 9.88. The second kappa shape index (κ2) is 3.50. The van der Waals surface area contributed by atoms with E-state index in [1.165, 1.54) is 4.90 Å². The first-order valence-electron chi connectivity index (χ1n) is 6.61. The molecule has 0 N–H and O–H groups in total. The van der Waals surface area contributed by atoms with Crippen molar-refractivity contribution in [2.24, 2.45) is 10.2 Å². The molecule has 5 heteroatoms. The molecule has 0 unspecified atom stereocenters. The minimum absolute atomic E-state index is 0.00373. The van der Waals surface area contributed by atoms with E-state index in [-0.39, 0.29) is 23.5 Å². The van der Waals surface area contributed by atoms with E-state index in [9.17, 15) is 9.59 Å². The van der Waals surface area contributed by atoms with E-state index >= 15 is 0 Å². The zero-order valence-electron chi connectivity index (χ0n) is 10.4. The topological polar surface area (TPSA) is 62.1 Å². The Morgan fingerprint density at radius 3 is 2.00 bits per heavy atom. The first-order valence-corrected chi connectivity index (χ1v) is 6.61. The highest BCUT2D eigenvalue weighted by atomic mass is 16.2.